The summed E-state index contributed by atoms with van der Waals surface area (Å²) in [6, 6.07) is 6.75. The molecule has 208 valence electrons. The number of hydrogen-bond acceptors (Lipinski definition) is 8. The van der Waals surface area contributed by atoms with Crippen LogP contribution in [-0.2, 0) is 25.5 Å². The quantitative estimate of drug-likeness (QED) is 0.319. The number of nitrogens with zero attached hydrogens (tertiary/aromatic N) is 2. The molecular formula is C28H30Cl2N2O6S. The number of thiocarbonyl (C=S) groups is 1. The molecule has 6 rings (SSSR count). The lowest BCUT2D eigenvalue weighted by atomic mass is 9.99. The minimum Gasteiger partial charge on any atom is -0.452 e. The zero-order valence-corrected chi connectivity index (χ0v) is 24.4. The van der Waals surface area contributed by atoms with Gasteiger partial charge in [0.05, 0.1) is 46.9 Å². The Bertz CT molecular complexity index is 1320. The minimum atomic E-state index is -0.598. The number of pyridine rings is 1. The monoisotopic (exact) mass is 592 g/mol. The summed E-state index contributed by atoms with van der Waals surface area (Å²) < 4.78 is 30.8. The fourth-order valence-corrected chi connectivity index (χ4v) is 6.74. The zero-order valence-electron chi connectivity index (χ0n) is 22.1. The number of halogens is 2. The Morgan fingerprint density at radius 1 is 1.10 bits per heavy atom. The molecule has 2 aromatic rings. The number of hydrogen-bond donors (Lipinski definition) is 0. The van der Waals surface area contributed by atoms with Gasteiger partial charge in [0.1, 0.15) is 17.9 Å². The predicted octanol–water partition coefficient (Wildman–Crippen LogP) is 5.89. The second kappa shape index (κ2) is 9.82. The molecule has 5 atom stereocenters. The van der Waals surface area contributed by atoms with Crippen LogP contribution in [0.5, 0.6) is 5.75 Å². The third-order valence-electron chi connectivity index (χ3n) is 7.70. The van der Waals surface area contributed by atoms with Gasteiger partial charge in [-0.3, -0.25) is 4.90 Å². The van der Waals surface area contributed by atoms with Gasteiger partial charge in [-0.25, -0.2) is 9.78 Å². The normalized spacial score (nSPS) is 30.6. The van der Waals surface area contributed by atoms with E-state index in [1.54, 1.807) is 35.4 Å². The van der Waals surface area contributed by atoms with E-state index in [9.17, 15) is 4.79 Å². The lowest BCUT2D eigenvalue weighted by molar-refractivity contribution is -0.129. The summed E-state index contributed by atoms with van der Waals surface area (Å²) >= 11 is 17.9. The Balaban J connectivity index is 1.19. The zero-order chi connectivity index (χ0) is 27.7. The van der Waals surface area contributed by atoms with Crippen LogP contribution in [0.4, 0.5) is 5.69 Å². The van der Waals surface area contributed by atoms with Crippen molar-refractivity contribution in [1.82, 2.24) is 4.98 Å². The highest BCUT2D eigenvalue weighted by molar-refractivity contribution is 7.80. The van der Waals surface area contributed by atoms with E-state index < -0.39 is 18.2 Å². The Labute approximate surface area is 242 Å². The van der Waals surface area contributed by atoms with Crippen molar-refractivity contribution in [1.29, 1.82) is 0 Å². The smallest absolute Gasteiger partial charge is 0.357 e. The first-order valence-corrected chi connectivity index (χ1v) is 14.2. The molecule has 3 saturated heterocycles. The lowest BCUT2D eigenvalue weighted by Crippen LogP contribution is -2.44. The summed E-state index contributed by atoms with van der Waals surface area (Å²) in [6.07, 6.45) is 2.34. The van der Waals surface area contributed by atoms with Crippen LogP contribution in [0.15, 0.2) is 30.5 Å². The van der Waals surface area contributed by atoms with Gasteiger partial charge in [-0.15, -0.1) is 0 Å². The highest BCUT2D eigenvalue weighted by atomic mass is 35.5. The summed E-state index contributed by atoms with van der Waals surface area (Å²) in [7, 11) is 0. The molecule has 0 unspecified atom stereocenters. The molecule has 0 aliphatic carbocycles. The van der Waals surface area contributed by atoms with Crippen LogP contribution in [0.1, 0.15) is 63.0 Å². The van der Waals surface area contributed by atoms with E-state index in [-0.39, 0.29) is 40.4 Å². The van der Waals surface area contributed by atoms with E-state index in [2.05, 4.69) is 18.8 Å². The Morgan fingerprint density at radius 3 is 2.59 bits per heavy atom. The number of fused-ring (bicyclic) bond motifs is 2. The average molecular weight is 594 g/mol. The maximum Gasteiger partial charge on any atom is 0.357 e. The van der Waals surface area contributed by atoms with E-state index in [1.807, 2.05) is 13.8 Å². The summed E-state index contributed by atoms with van der Waals surface area (Å²) in [5.74, 6) is -0.0539. The number of ether oxygens (including phenoxy) is 5. The molecule has 1 aromatic heterocycles. The van der Waals surface area contributed by atoms with Gasteiger partial charge in [0.2, 0.25) is 0 Å². The molecule has 0 amide bonds. The number of benzene rings is 1. The van der Waals surface area contributed by atoms with Crippen molar-refractivity contribution >= 4 is 52.3 Å². The molecule has 0 spiro atoms. The van der Waals surface area contributed by atoms with Crippen molar-refractivity contribution in [3.8, 4) is 5.75 Å². The topological polar surface area (TPSA) is 79.4 Å². The molecule has 1 aromatic carbocycles. The van der Waals surface area contributed by atoms with Crippen LogP contribution in [0.3, 0.4) is 0 Å². The number of anilines is 1. The van der Waals surface area contributed by atoms with Crippen LogP contribution in [0, 0.1) is 0 Å². The first-order valence-electron chi connectivity index (χ1n) is 13.0. The number of carbonyl (C=O) groups excluding carboxylic acids is 1. The molecule has 11 heteroatoms. The third kappa shape index (κ3) is 5.25. The highest BCUT2D eigenvalue weighted by Gasteiger charge is 2.58. The van der Waals surface area contributed by atoms with Gasteiger partial charge in [0.25, 0.3) is 5.17 Å². The first kappa shape index (κ1) is 27.2. The Hall–Kier alpha value is -2.01. The fourth-order valence-electron chi connectivity index (χ4n) is 5.92. The highest BCUT2D eigenvalue weighted by Crippen LogP contribution is 2.45. The SMILES string of the molecule is CC1(C)C[C@@H]2O[C@@H]([C@@H]3CCC(C)(C)O3)[C@@H](OC(=O)c3ccc(N4Cc5cc(Cl)cc(Cl)c5OC4=S)cn3)[C@@H]2O1. The van der Waals surface area contributed by atoms with Crippen LogP contribution >= 0.6 is 35.4 Å². The largest absolute Gasteiger partial charge is 0.452 e. The molecule has 0 bridgehead atoms. The molecule has 0 saturated carbocycles. The third-order valence-corrected chi connectivity index (χ3v) is 8.50. The van der Waals surface area contributed by atoms with Gasteiger partial charge in [0, 0.05) is 17.0 Å². The Morgan fingerprint density at radius 2 is 1.90 bits per heavy atom. The van der Waals surface area contributed by atoms with Crippen LogP contribution < -0.4 is 9.64 Å². The fraction of sp³-hybridized carbons (Fsp3) is 0.536. The molecule has 39 heavy (non-hydrogen) atoms. The van der Waals surface area contributed by atoms with E-state index in [4.69, 9.17) is 59.1 Å². The standard InChI is InChI=1S/C28H30Cl2N2O6S/c1-27(2)8-7-19(37-27)22-24(23-20(34-22)11-28(3,4)38-23)35-25(33)18-6-5-16(12-31-18)32-13-14-9-15(29)10-17(30)21(14)36-26(32)39/h5-6,9-10,12,19-20,22-24H,7-8,11,13H2,1-4H3/t19-,20-,22-,23+,24+/m0/s1. The summed E-state index contributed by atoms with van der Waals surface area (Å²) in [5, 5.41) is 1.12. The van der Waals surface area contributed by atoms with Gasteiger partial charge in [0.15, 0.2) is 11.9 Å². The van der Waals surface area contributed by atoms with Crippen LogP contribution in [-0.4, -0.2) is 57.8 Å². The van der Waals surface area contributed by atoms with Crippen molar-refractivity contribution < 1.29 is 28.5 Å². The van der Waals surface area contributed by atoms with Crippen LogP contribution in [0.25, 0.3) is 0 Å². The van der Waals surface area contributed by atoms with Crippen molar-refractivity contribution in [2.24, 2.45) is 0 Å². The van der Waals surface area contributed by atoms with Gasteiger partial charge in [-0.2, -0.15) is 0 Å². The van der Waals surface area contributed by atoms with E-state index in [0.717, 1.165) is 24.8 Å². The molecule has 3 fully saturated rings. The molecule has 4 aliphatic rings. The summed E-state index contributed by atoms with van der Waals surface area (Å²) in [6.45, 7) is 8.57. The van der Waals surface area contributed by atoms with Crippen LogP contribution in [0.2, 0.25) is 10.0 Å². The summed E-state index contributed by atoms with van der Waals surface area (Å²) in [4.78, 5) is 19.4. The van der Waals surface area contributed by atoms with Crippen molar-refractivity contribution in [2.75, 3.05) is 4.90 Å². The maximum atomic E-state index is 13.3. The number of carbonyl (C=O) groups is 1. The van der Waals surface area contributed by atoms with Gasteiger partial charge in [-0.1, -0.05) is 23.2 Å². The molecule has 0 radical (unpaired) electrons. The van der Waals surface area contributed by atoms with E-state index in [1.165, 1.54) is 0 Å². The van der Waals surface area contributed by atoms with E-state index in [0.29, 0.717) is 28.0 Å². The molecule has 4 aliphatic heterocycles. The molecule has 0 N–H and O–H groups in total. The van der Waals surface area contributed by atoms with Crippen molar-refractivity contribution in [2.45, 2.75) is 95.2 Å². The van der Waals surface area contributed by atoms with E-state index >= 15 is 0 Å². The second-order valence-corrected chi connectivity index (χ2v) is 12.9. The number of aromatic nitrogens is 1. The average Bonchev–Trinajstić information content (AvgIpc) is 3.48. The maximum absolute atomic E-state index is 13.3. The van der Waals surface area contributed by atoms with Gasteiger partial charge < -0.3 is 23.7 Å². The van der Waals surface area contributed by atoms with Crippen molar-refractivity contribution in [3.05, 3.63) is 51.8 Å². The first-order chi connectivity index (χ1) is 18.4. The van der Waals surface area contributed by atoms with Crippen molar-refractivity contribution in [3.63, 3.8) is 0 Å². The molecule has 8 nitrogen and oxygen atoms in total. The molecule has 5 heterocycles. The molecular weight excluding hydrogens is 563 g/mol. The van der Waals surface area contributed by atoms with Gasteiger partial charge >= 0.3 is 5.97 Å². The lowest BCUT2D eigenvalue weighted by Gasteiger charge is -2.31. The number of rotatable bonds is 4. The number of esters is 1. The van der Waals surface area contributed by atoms with Gasteiger partial charge in [-0.05, 0) is 77.0 Å². The predicted molar refractivity (Wildman–Crippen MR) is 150 cm³/mol. The second-order valence-electron chi connectivity index (χ2n) is 11.7. The minimum absolute atomic E-state index is 0.157. The summed E-state index contributed by atoms with van der Waals surface area (Å²) in [5.41, 5.74) is 1.02. The Kier molecular flexibility index (Phi) is 6.84.